The Kier molecular flexibility index (Phi) is 3.12. The van der Waals surface area contributed by atoms with Crippen LogP contribution < -0.4 is 10.9 Å². The van der Waals surface area contributed by atoms with Crippen molar-refractivity contribution in [1.29, 1.82) is 0 Å². The molecule has 0 amide bonds. The first-order valence-corrected chi connectivity index (χ1v) is 10.7. The molecule has 26 heavy (non-hydrogen) atoms. The zero-order valence-electron chi connectivity index (χ0n) is 15.8. The highest BCUT2D eigenvalue weighted by molar-refractivity contribution is 5.59. The maximum Gasteiger partial charge on any atom is 0.251 e. The molecule has 5 saturated carbocycles. The van der Waals surface area contributed by atoms with Gasteiger partial charge in [0.15, 0.2) is 0 Å². The van der Waals surface area contributed by atoms with Crippen LogP contribution in [0.3, 0.4) is 0 Å². The zero-order valence-corrected chi connectivity index (χ0v) is 15.8. The molecule has 1 aromatic heterocycles. The molecule has 2 unspecified atom stereocenters. The average molecular weight is 354 g/mol. The van der Waals surface area contributed by atoms with Gasteiger partial charge in [-0.05, 0) is 93.4 Å². The second-order valence-corrected chi connectivity index (χ2v) is 10.2. The number of hydrogen-bond donors (Lipinski definition) is 2. The number of pyridine rings is 1. The molecule has 0 saturated heterocycles. The molecular formula is C22H30N2O2. The minimum Gasteiger partial charge on any atom is -0.378 e. The van der Waals surface area contributed by atoms with Crippen molar-refractivity contribution in [1.82, 2.24) is 4.98 Å². The smallest absolute Gasteiger partial charge is 0.251 e. The summed E-state index contributed by atoms with van der Waals surface area (Å²) in [6.07, 6.45) is 14.5. The zero-order chi connectivity index (χ0) is 17.5. The van der Waals surface area contributed by atoms with E-state index < -0.39 is 0 Å². The molecule has 1 heterocycles. The quantitative estimate of drug-likeness (QED) is 0.852. The largest absolute Gasteiger partial charge is 0.378 e. The lowest BCUT2D eigenvalue weighted by molar-refractivity contribution is -0.148. The van der Waals surface area contributed by atoms with E-state index in [0.717, 1.165) is 23.8 Å². The number of H-pyrrole nitrogens is 1. The number of rotatable bonds is 3. The van der Waals surface area contributed by atoms with E-state index in [-0.39, 0.29) is 16.7 Å². The van der Waals surface area contributed by atoms with Crippen molar-refractivity contribution < 1.29 is 4.74 Å². The molecule has 0 aromatic carbocycles. The number of aromatic nitrogens is 1. The fourth-order valence-electron chi connectivity index (χ4n) is 8.03. The highest BCUT2D eigenvalue weighted by atomic mass is 16.5. The standard InChI is InChI=1S/C22H30N2O2/c1-26-22-9-13-6-14(10-22)8-21(7-13,12-22)24-17-11-23-20(25)19-16-4-2-15(3-5-16)18(17)19/h11,13-16,24H,2-10,12H2,1H3,(H,23,25). The van der Waals surface area contributed by atoms with Gasteiger partial charge in [-0.25, -0.2) is 0 Å². The molecule has 4 nitrogen and oxygen atoms in total. The van der Waals surface area contributed by atoms with Crippen LogP contribution in [0.4, 0.5) is 5.69 Å². The molecule has 0 spiro atoms. The molecule has 2 N–H and O–H groups in total. The van der Waals surface area contributed by atoms with Gasteiger partial charge in [-0.1, -0.05) is 0 Å². The molecule has 7 aliphatic rings. The van der Waals surface area contributed by atoms with E-state index >= 15 is 0 Å². The van der Waals surface area contributed by atoms with E-state index in [1.807, 2.05) is 13.3 Å². The SMILES string of the molecule is COC12CC3CC(CC(Nc4c[nH]c(=O)c5c4C4CCC5CC4)(C3)C1)C2. The van der Waals surface area contributed by atoms with E-state index in [0.29, 0.717) is 11.8 Å². The van der Waals surface area contributed by atoms with Crippen LogP contribution in [0.1, 0.15) is 87.2 Å². The van der Waals surface area contributed by atoms with Gasteiger partial charge >= 0.3 is 0 Å². The van der Waals surface area contributed by atoms with Crippen molar-refractivity contribution in [2.75, 3.05) is 12.4 Å². The van der Waals surface area contributed by atoms with Crippen LogP contribution >= 0.6 is 0 Å². The number of anilines is 1. The van der Waals surface area contributed by atoms with Crippen molar-refractivity contribution in [3.05, 3.63) is 27.7 Å². The van der Waals surface area contributed by atoms with Crippen LogP contribution in [0.2, 0.25) is 0 Å². The first-order chi connectivity index (χ1) is 12.6. The van der Waals surface area contributed by atoms with Crippen LogP contribution in [0.25, 0.3) is 0 Å². The Hall–Kier alpha value is -1.29. The van der Waals surface area contributed by atoms with Gasteiger partial charge in [-0.3, -0.25) is 4.79 Å². The highest BCUT2D eigenvalue weighted by Gasteiger charge is 2.58. The molecule has 2 atom stereocenters. The summed E-state index contributed by atoms with van der Waals surface area (Å²) in [5.74, 6) is 2.68. The lowest BCUT2D eigenvalue weighted by Gasteiger charge is -2.62. The van der Waals surface area contributed by atoms with Crippen LogP contribution in [-0.2, 0) is 4.74 Å². The summed E-state index contributed by atoms with van der Waals surface area (Å²) in [7, 11) is 1.92. The maximum absolute atomic E-state index is 12.6. The molecule has 5 fully saturated rings. The first kappa shape index (κ1) is 15.7. The molecule has 0 aliphatic heterocycles. The molecule has 140 valence electrons. The predicted molar refractivity (Wildman–Crippen MR) is 102 cm³/mol. The summed E-state index contributed by atoms with van der Waals surface area (Å²) in [6, 6.07) is 0. The number of fused-ring (bicyclic) bond motifs is 2. The summed E-state index contributed by atoms with van der Waals surface area (Å²) in [5.41, 5.74) is 4.16. The maximum atomic E-state index is 12.6. The third-order valence-corrected chi connectivity index (χ3v) is 8.56. The van der Waals surface area contributed by atoms with Gasteiger partial charge in [-0.2, -0.15) is 0 Å². The summed E-state index contributed by atoms with van der Waals surface area (Å²) >= 11 is 0. The Morgan fingerprint density at radius 1 is 1.04 bits per heavy atom. The van der Waals surface area contributed by atoms with Crippen molar-refractivity contribution in [2.45, 2.75) is 87.2 Å². The normalized spacial score (nSPS) is 45.0. The van der Waals surface area contributed by atoms with Crippen LogP contribution in [0.15, 0.2) is 11.0 Å². The topological polar surface area (TPSA) is 54.1 Å². The highest BCUT2D eigenvalue weighted by Crippen LogP contribution is 2.60. The Morgan fingerprint density at radius 2 is 1.69 bits per heavy atom. The predicted octanol–water partition coefficient (Wildman–Crippen LogP) is 4.28. The van der Waals surface area contributed by atoms with Gasteiger partial charge in [0.2, 0.25) is 0 Å². The van der Waals surface area contributed by atoms with Gasteiger partial charge in [0.25, 0.3) is 5.56 Å². The second kappa shape index (κ2) is 5.15. The molecule has 1 aromatic rings. The van der Waals surface area contributed by atoms with Gasteiger partial charge < -0.3 is 15.0 Å². The monoisotopic (exact) mass is 354 g/mol. The number of methoxy groups -OCH3 is 1. The molecule has 4 heteroatoms. The molecular weight excluding hydrogens is 324 g/mol. The van der Waals surface area contributed by atoms with Crippen molar-refractivity contribution in [3.8, 4) is 0 Å². The summed E-state index contributed by atoms with van der Waals surface area (Å²) in [6.45, 7) is 0. The molecule has 0 radical (unpaired) electrons. The number of nitrogens with one attached hydrogen (secondary N) is 2. The lowest BCUT2D eigenvalue weighted by atomic mass is 9.51. The van der Waals surface area contributed by atoms with Crippen LogP contribution in [0.5, 0.6) is 0 Å². The Bertz CT molecular complexity index is 791. The van der Waals surface area contributed by atoms with Crippen LogP contribution in [0, 0.1) is 11.8 Å². The molecule has 7 aliphatic carbocycles. The fourth-order valence-corrected chi connectivity index (χ4v) is 8.03. The van der Waals surface area contributed by atoms with Gasteiger partial charge in [0, 0.05) is 24.4 Å². The summed E-state index contributed by atoms with van der Waals surface area (Å²) in [5, 5.41) is 4.04. The van der Waals surface area contributed by atoms with Gasteiger partial charge in [0.05, 0.1) is 11.3 Å². The van der Waals surface area contributed by atoms with E-state index in [9.17, 15) is 4.79 Å². The first-order valence-electron chi connectivity index (χ1n) is 10.7. The summed E-state index contributed by atoms with van der Waals surface area (Å²) in [4.78, 5) is 15.6. The van der Waals surface area contributed by atoms with Gasteiger partial charge in [-0.15, -0.1) is 0 Å². The number of ether oxygens (including phenoxy) is 1. The number of hydrogen-bond acceptors (Lipinski definition) is 3. The van der Waals surface area contributed by atoms with Crippen molar-refractivity contribution >= 4 is 5.69 Å². The second-order valence-electron chi connectivity index (χ2n) is 10.2. The molecule has 8 rings (SSSR count). The van der Waals surface area contributed by atoms with Gasteiger partial charge in [0.1, 0.15) is 0 Å². The average Bonchev–Trinajstić information content (AvgIpc) is 2.63. The third-order valence-electron chi connectivity index (χ3n) is 8.56. The van der Waals surface area contributed by atoms with E-state index in [4.69, 9.17) is 4.74 Å². The minimum absolute atomic E-state index is 0.0956. The van der Waals surface area contributed by atoms with E-state index in [2.05, 4.69) is 10.3 Å². The number of aromatic amines is 1. The summed E-state index contributed by atoms with van der Waals surface area (Å²) < 4.78 is 6.10. The lowest BCUT2D eigenvalue weighted by Crippen LogP contribution is -2.62. The third kappa shape index (κ3) is 2.08. The fraction of sp³-hybridized carbons (Fsp3) is 0.773. The Labute approximate surface area is 155 Å². The van der Waals surface area contributed by atoms with Crippen LogP contribution in [-0.4, -0.2) is 23.2 Å². The van der Waals surface area contributed by atoms with Crippen molar-refractivity contribution in [3.63, 3.8) is 0 Å². The van der Waals surface area contributed by atoms with E-state index in [1.54, 1.807) is 0 Å². The van der Waals surface area contributed by atoms with E-state index in [1.165, 1.54) is 69.0 Å². The van der Waals surface area contributed by atoms with Crippen molar-refractivity contribution in [2.24, 2.45) is 11.8 Å². The minimum atomic E-state index is 0.0956. The Morgan fingerprint density at radius 3 is 2.35 bits per heavy atom. The Balaban J connectivity index is 1.41. The molecule has 6 bridgehead atoms.